The fourth-order valence-electron chi connectivity index (χ4n) is 5.32. The topological polar surface area (TPSA) is 91.3 Å². The molecule has 326 valence electrons. The van der Waals surface area contributed by atoms with Crippen LogP contribution in [0.5, 0.6) is 0 Å². The minimum Gasteiger partial charge on any atom is -0.457 e. The van der Waals surface area contributed by atoms with Gasteiger partial charge in [0.05, 0.1) is 34.4 Å². The van der Waals surface area contributed by atoms with Crippen molar-refractivity contribution in [2.24, 2.45) is 0 Å². The molecule has 0 aliphatic carbocycles. The van der Waals surface area contributed by atoms with Gasteiger partial charge in [-0.3, -0.25) is 13.8 Å². The van der Waals surface area contributed by atoms with Crippen LogP contribution in [0.4, 0.5) is 0 Å². The summed E-state index contributed by atoms with van der Waals surface area (Å²) in [6.45, 7) is 5.25. The maximum Gasteiger partial charge on any atom is 0.472 e. The van der Waals surface area contributed by atoms with Crippen molar-refractivity contribution in [3.05, 3.63) is 97.2 Å². The van der Waals surface area contributed by atoms with Gasteiger partial charge >= 0.3 is 13.8 Å². The minimum atomic E-state index is -4.30. The van der Waals surface area contributed by atoms with E-state index in [4.69, 9.17) is 18.5 Å². The molecule has 2 atom stereocenters. The summed E-state index contributed by atoms with van der Waals surface area (Å²) in [6.07, 6.45) is 54.7. The molecule has 0 aliphatic rings. The zero-order valence-corrected chi connectivity index (χ0v) is 37.7. The molecule has 0 fully saturated rings. The molecular weight excluding hydrogens is 734 g/mol. The number of quaternary nitrogens is 1. The summed E-state index contributed by atoms with van der Waals surface area (Å²) in [5, 5.41) is 0. The second-order valence-electron chi connectivity index (χ2n) is 15.3. The number of hydrogen-bond acceptors (Lipinski definition) is 6. The van der Waals surface area contributed by atoms with Crippen LogP contribution in [0.15, 0.2) is 97.2 Å². The Morgan fingerprint density at radius 2 is 0.965 bits per heavy atom. The van der Waals surface area contributed by atoms with Crippen LogP contribution < -0.4 is 0 Å². The number of carbonyl (C=O) groups excluding carboxylic acids is 1. The van der Waals surface area contributed by atoms with Crippen LogP contribution >= 0.6 is 7.82 Å². The first kappa shape index (κ1) is 54.4. The molecule has 0 spiro atoms. The van der Waals surface area contributed by atoms with Crippen molar-refractivity contribution in [3.8, 4) is 0 Å². The lowest BCUT2D eigenvalue weighted by Crippen LogP contribution is -2.37. The maximum absolute atomic E-state index is 12.6. The lowest BCUT2D eigenvalue weighted by molar-refractivity contribution is -0.870. The molecule has 0 aliphatic heterocycles. The summed E-state index contributed by atoms with van der Waals surface area (Å²) in [4.78, 5) is 22.8. The minimum absolute atomic E-state index is 0.0692. The van der Waals surface area contributed by atoms with E-state index in [-0.39, 0.29) is 26.2 Å². The Kier molecular flexibility index (Phi) is 38.4. The van der Waals surface area contributed by atoms with Gasteiger partial charge in [0.25, 0.3) is 0 Å². The molecule has 0 radical (unpaired) electrons. The molecule has 8 nitrogen and oxygen atoms in total. The van der Waals surface area contributed by atoms with Crippen molar-refractivity contribution in [3.63, 3.8) is 0 Å². The van der Waals surface area contributed by atoms with Crippen molar-refractivity contribution in [2.45, 2.75) is 148 Å². The Morgan fingerprint density at radius 3 is 1.44 bits per heavy atom. The number of rotatable bonds is 39. The Labute approximate surface area is 349 Å². The van der Waals surface area contributed by atoms with Crippen LogP contribution in [0.25, 0.3) is 0 Å². The number of ether oxygens (including phenoxy) is 2. The molecule has 0 saturated carbocycles. The Morgan fingerprint density at radius 1 is 0.544 bits per heavy atom. The highest BCUT2D eigenvalue weighted by molar-refractivity contribution is 7.47. The summed E-state index contributed by atoms with van der Waals surface area (Å²) in [5.41, 5.74) is 0. The largest absolute Gasteiger partial charge is 0.472 e. The third-order valence-electron chi connectivity index (χ3n) is 8.65. The van der Waals surface area contributed by atoms with Gasteiger partial charge in [0.15, 0.2) is 0 Å². The normalized spacial score (nSPS) is 14.7. The van der Waals surface area contributed by atoms with Gasteiger partial charge < -0.3 is 18.9 Å². The second kappa shape index (κ2) is 40.2. The number of unbranched alkanes of at least 4 members (excludes halogenated alkanes) is 9. The molecule has 0 amide bonds. The van der Waals surface area contributed by atoms with Gasteiger partial charge in [-0.1, -0.05) is 156 Å². The molecule has 9 heteroatoms. The number of allylic oxidation sites excluding steroid dienone is 16. The smallest absolute Gasteiger partial charge is 0.457 e. The first-order chi connectivity index (χ1) is 27.6. The van der Waals surface area contributed by atoms with Gasteiger partial charge in [-0.15, -0.1) is 0 Å². The van der Waals surface area contributed by atoms with Crippen LogP contribution in [0.3, 0.4) is 0 Å². The number of carbonyl (C=O) groups is 1. The van der Waals surface area contributed by atoms with E-state index < -0.39 is 19.9 Å². The molecule has 2 unspecified atom stereocenters. The number of hydrogen-bond donors (Lipinski definition) is 1. The Hall–Kier alpha value is -2.58. The van der Waals surface area contributed by atoms with Crippen LogP contribution in [-0.4, -0.2) is 75.6 Å². The van der Waals surface area contributed by atoms with E-state index in [2.05, 4.69) is 98.9 Å². The van der Waals surface area contributed by atoms with Crippen molar-refractivity contribution in [2.75, 3.05) is 54.1 Å². The number of phosphoric acid groups is 1. The fraction of sp³-hybridized carbons (Fsp3) is 0.646. The monoisotopic (exact) mass is 817 g/mol. The van der Waals surface area contributed by atoms with E-state index in [9.17, 15) is 14.3 Å². The standard InChI is InChI=1S/C48H82NO7P/c1-6-8-10-12-14-16-18-20-21-22-23-24-25-26-27-28-30-32-34-36-38-40-43-53-45-47(46-55-57(51,52)54-44-42-49(3,4)5)56-48(50)41-39-37-35-33-31-29-19-17-15-13-11-9-7-2/h8-11,14-17,20-21,23-24,29,31,35,37,47H,6-7,12-13,18-19,22,25-28,30,32-34,36,38-46H2,1-5H3/p+1/b10-8-,11-9-,16-14-,17-15-,21-20-,24-23-,31-29-,37-35-. The quantitative estimate of drug-likeness (QED) is 0.0217. The predicted molar refractivity (Wildman–Crippen MR) is 242 cm³/mol. The van der Waals surface area contributed by atoms with Crippen molar-refractivity contribution >= 4 is 13.8 Å². The molecule has 0 aromatic heterocycles. The Balaban J connectivity index is 4.28. The van der Waals surface area contributed by atoms with Crippen molar-refractivity contribution < 1.29 is 37.3 Å². The van der Waals surface area contributed by atoms with Gasteiger partial charge in [0.2, 0.25) is 0 Å². The van der Waals surface area contributed by atoms with Crippen LogP contribution in [0.1, 0.15) is 142 Å². The average molecular weight is 817 g/mol. The van der Waals surface area contributed by atoms with E-state index in [1.807, 2.05) is 33.3 Å². The second-order valence-corrected chi connectivity index (χ2v) is 16.8. The molecule has 57 heavy (non-hydrogen) atoms. The SMILES string of the molecule is CC/C=C\C/C=C\C/C=C\C/C=C\CCCCCCCCCCCOCC(COP(=O)(O)OCC[N+](C)(C)C)OC(=O)CC/C=C\C/C=C\C/C=C\C/C=C\CC. The summed E-state index contributed by atoms with van der Waals surface area (Å²) in [5.74, 6) is -0.400. The first-order valence-electron chi connectivity index (χ1n) is 22.0. The van der Waals surface area contributed by atoms with E-state index in [1.54, 1.807) is 0 Å². The van der Waals surface area contributed by atoms with Gasteiger partial charge in [-0.05, 0) is 77.0 Å². The molecular formula is C48H83NO7P+. The molecule has 0 rings (SSSR count). The molecule has 0 heterocycles. The maximum atomic E-state index is 12.6. The van der Waals surface area contributed by atoms with Gasteiger partial charge in [0, 0.05) is 13.0 Å². The summed E-state index contributed by atoms with van der Waals surface area (Å²) >= 11 is 0. The van der Waals surface area contributed by atoms with E-state index in [1.165, 1.54) is 51.4 Å². The van der Waals surface area contributed by atoms with E-state index >= 15 is 0 Å². The van der Waals surface area contributed by atoms with Crippen LogP contribution in [-0.2, 0) is 27.9 Å². The average Bonchev–Trinajstić information content (AvgIpc) is 3.16. The van der Waals surface area contributed by atoms with Gasteiger partial charge in [-0.2, -0.15) is 0 Å². The summed E-state index contributed by atoms with van der Waals surface area (Å²) in [7, 11) is 1.60. The highest BCUT2D eigenvalue weighted by Gasteiger charge is 2.26. The van der Waals surface area contributed by atoms with E-state index in [0.717, 1.165) is 64.2 Å². The van der Waals surface area contributed by atoms with Crippen LogP contribution in [0, 0.1) is 0 Å². The zero-order chi connectivity index (χ0) is 42.0. The number of likely N-dealkylation sites (N-methyl/N-ethyl adjacent to an activating group) is 1. The predicted octanol–water partition coefficient (Wildman–Crippen LogP) is 13.0. The number of esters is 1. The molecule has 0 aromatic carbocycles. The summed E-state index contributed by atoms with van der Waals surface area (Å²) in [6, 6.07) is 0. The number of nitrogens with zero attached hydrogens (tertiary/aromatic N) is 1. The zero-order valence-electron chi connectivity index (χ0n) is 36.8. The molecule has 0 aromatic rings. The lowest BCUT2D eigenvalue weighted by atomic mass is 10.1. The van der Waals surface area contributed by atoms with Crippen molar-refractivity contribution in [1.82, 2.24) is 0 Å². The Bertz CT molecular complexity index is 1230. The highest BCUT2D eigenvalue weighted by Crippen LogP contribution is 2.43. The molecule has 1 N–H and O–H groups in total. The van der Waals surface area contributed by atoms with Gasteiger partial charge in [0.1, 0.15) is 19.3 Å². The fourth-order valence-corrected chi connectivity index (χ4v) is 6.06. The summed E-state index contributed by atoms with van der Waals surface area (Å²) < 4.78 is 34.9. The van der Waals surface area contributed by atoms with Crippen molar-refractivity contribution in [1.29, 1.82) is 0 Å². The molecule has 0 bridgehead atoms. The first-order valence-corrected chi connectivity index (χ1v) is 23.5. The highest BCUT2D eigenvalue weighted by atomic mass is 31.2. The van der Waals surface area contributed by atoms with E-state index in [0.29, 0.717) is 24.1 Å². The van der Waals surface area contributed by atoms with Gasteiger partial charge in [-0.25, -0.2) is 4.57 Å². The molecule has 0 saturated heterocycles. The van der Waals surface area contributed by atoms with Crippen LogP contribution in [0.2, 0.25) is 0 Å². The third-order valence-corrected chi connectivity index (χ3v) is 9.64. The third kappa shape index (κ3) is 44.4. The lowest BCUT2D eigenvalue weighted by Gasteiger charge is -2.24. The number of phosphoric ester groups is 1.